The first-order valence-corrected chi connectivity index (χ1v) is 7.04. The molecule has 0 aliphatic carbocycles. The van der Waals surface area contributed by atoms with Gasteiger partial charge in [0.15, 0.2) is 0 Å². The van der Waals surface area contributed by atoms with Crippen LogP contribution in [-0.2, 0) is 6.42 Å². The highest BCUT2D eigenvalue weighted by molar-refractivity contribution is 7.99. The van der Waals surface area contributed by atoms with Crippen LogP contribution in [0.4, 0.5) is 5.69 Å². The van der Waals surface area contributed by atoms with Crippen molar-refractivity contribution in [3.05, 3.63) is 48.4 Å². The van der Waals surface area contributed by atoms with E-state index in [1.165, 1.54) is 17.7 Å². The van der Waals surface area contributed by atoms with E-state index in [-0.39, 0.29) is 0 Å². The minimum atomic E-state index is 0.550. The summed E-state index contributed by atoms with van der Waals surface area (Å²) >= 11 is 1.81. The second kappa shape index (κ2) is 5.40. The van der Waals surface area contributed by atoms with Gasteiger partial charge in [0, 0.05) is 29.9 Å². The number of anilines is 1. The molecule has 2 heterocycles. The lowest BCUT2D eigenvalue weighted by Gasteiger charge is -2.13. The largest absolute Gasteiger partial charge is 0.384 e. The lowest BCUT2D eigenvalue weighted by molar-refractivity contribution is 0.800. The molecule has 2 aromatic rings. The van der Waals surface area contributed by atoms with Crippen molar-refractivity contribution in [2.45, 2.75) is 23.1 Å². The van der Waals surface area contributed by atoms with E-state index in [0.717, 1.165) is 18.0 Å². The summed E-state index contributed by atoms with van der Waals surface area (Å²) in [6, 6.07) is 8.56. The Morgan fingerprint density at radius 1 is 1.22 bits per heavy atom. The molecule has 1 aromatic heterocycles. The second-order valence-corrected chi connectivity index (χ2v) is 5.68. The van der Waals surface area contributed by atoms with Crippen LogP contribution >= 0.6 is 11.8 Å². The van der Waals surface area contributed by atoms with Gasteiger partial charge in [0.1, 0.15) is 5.03 Å². The molecule has 3 rings (SSSR count). The zero-order valence-corrected chi connectivity index (χ0v) is 10.9. The molecule has 0 amide bonds. The van der Waals surface area contributed by atoms with Crippen molar-refractivity contribution in [3.63, 3.8) is 0 Å². The van der Waals surface area contributed by atoms with Crippen molar-refractivity contribution < 1.29 is 0 Å². The summed E-state index contributed by atoms with van der Waals surface area (Å²) < 4.78 is 0. The summed E-state index contributed by atoms with van der Waals surface area (Å²) in [7, 11) is 0. The summed E-state index contributed by atoms with van der Waals surface area (Å²) in [4.78, 5) is 8.43. The van der Waals surface area contributed by atoms with Gasteiger partial charge >= 0.3 is 0 Å². The van der Waals surface area contributed by atoms with E-state index in [0.29, 0.717) is 5.25 Å². The lowest BCUT2D eigenvalue weighted by Crippen LogP contribution is -2.14. The van der Waals surface area contributed by atoms with Crippen LogP contribution in [-0.4, -0.2) is 21.8 Å². The molecule has 92 valence electrons. The molecule has 0 bridgehead atoms. The standard InChI is InChI=1S/C14H15N3S/c1-2-4-13-11(3-1)5-6-12(9-17-13)18-14-10-15-7-8-16-14/h1-4,7-8,10,12,17H,5-6,9H2. The molecule has 1 aromatic carbocycles. The van der Waals surface area contributed by atoms with Gasteiger partial charge in [0.05, 0.1) is 6.20 Å². The van der Waals surface area contributed by atoms with E-state index in [9.17, 15) is 0 Å². The van der Waals surface area contributed by atoms with Crippen LogP contribution in [0.1, 0.15) is 12.0 Å². The Labute approximate surface area is 111 Å². The molecule has 0 saturated carbocycles. The molecule has 4 heteroatoms. The number of benzene rings is 1. The fraction of sp³-hybridized carbons (Fsp3) is 0.286. The minimum absolute atomic E-state index is 0.550. The molecule has 1 aliphatic heterocycles. The Hall–Kier alpha value is -1.55. The van der Waals surface area contributed by atoms with E-state index in [1.807, 2.05) is 18.0 Å². The fourth-order valence-corrected chi connectivity index (χ4v) is 3.16. The van der Waals surface area contributed by atoms with Gasteiger partial charge in [-0.05, 0) is 24.5 Å². The Bertz CT molecular complexity index is 488. The van der Waals surface area contributed by atoms with Gasteiger partial charge < -0.3 is 5.32 Å². The SMILES string of the molecule is c1ccc2c(c1)CCC(Sc1cnccn1)CN2. The first-order chi connectivity index (χ1) is 8.92. The number of hydrogen-bond donors (Lipinski definition) is 1. The predicted octanol–water partition coefficient (Wildman–Crippen LogP) is 3.00. The number of nitrogens with zero attached hydrogens (tertiary/aromatic N) is 2. The Morgan fingerprint density at radius 2 is 2.17 bits per heavy atom. The Balaban J connectivity index is 1.68. The highest BCUT2D eigenvalue weighted by atomic mass is 32.2. The van der Waals surface area contributed by atoms with Crippen molar-refractivity contribution in [2.75, 3.05) is 11.9 Å². The summed E-state index contributed by atoms with van der Waals surface area (Å²) in [6.45, 7) is 0.984. The zero-order valence-electron chi connectivity index (χ0n) is 10.0. The quantitative estimate of drug-likeness (QED) is 0.897. The van der Waals surface area contributed by atoms with Crippen molar-refractivity contribution in [2.24, 2.45) is 0 Å². The van der Waals surface area contributed by atoms with Gasteiger partial charge in [0.2, 0.25) is 0 Å². The number of thioether (sulfide) groups is 1. The minimum Gasteiger partial charge on any atom is -0.384 e. The normalized spacial score (nSPS) is 18.6. The van der Waals surface area contributed by atoms with Crippen molar-refractivity contribution in [3.8, 4) is 0 Å². The van der Waals surface area contributed by atoms with Gasteiger partial charge in [0.25, 0.3) is 0 Å². The van der Waals surface area contributed by atoms with Crippen molar-refractivity contribution >= 4 is 17.4 Å². The van der Waals surface area contributed by atoms with Crippen LogP contribution in [0.3, 0.4) is 0 Å². The van der Waals surface area contributed by atoms with Gasteiger partial charge in [-0.2, -0.15) is 0 Å². The highest BCUT2D eigenvalue weighted by Gasteiger charge is 2.16. The third-order valence-electron chi connectivity index (χ3n) is 3.10. The molecule has 0 saturated heterocycles. The summed E-state index contributed by atoms with van der Waals surface area (Å²) in [6.07, 6.45) is 7.60. The van der Waals surface area contributed by atoms with Crippen molar-refractivity contribution in [1.82, 2.24) is 9.97 Å². The lowest BCUT2D eigenvalue weighted by atomic mass is 10.1. The molecular formula is C14H15N3S. The fourth-order valence-electron chi connectivity index (χ4n) is 2.17. The number of hydrogen-bond acceptors (Lipinski definition) is 4. The molecule has 0 radical (unpaired) electrons. The molecule has 18 heavy (non-hydrogen) atoms. The number of aromatic nitrogens is 2. The maximum atomic E-state index is 4.33. The molecule has 1 aliphatic rings. The Kier molecular flexibility index (Phi) is 3.46. The molecular weight excluding hydrogens is 242 g/mol. The molecule has 0 spiro atoms. The zero-order chi connectivity index (χ0) is 12.2. The van der Waals surface area contributed by atoms with Gasteiger partial charge in [-0.15, -0.1) is 0 Å². The van der Waals surface area contributed by atoms with E-state index >= 15 is 0 Å². The number of fused-ring (bicyclic) bond motifs is 1. The van der Waals surface area contributed by atoms with Crippen LogP contribution < -0.4 is 5.32 Å². The summed E-state index contributed by atoms with van der Waals surface area (Å²) in [5.41, 5.74) is 2.69. The van der Waals surface area contributed by atoms with Crippen molar-refractivity contribution in [1.29, 1.82) is 0 Å². The smallest absolute Gasteiger partial charge is 0.115 e. The first kappa shape index (κ1) is 11.5. The predicted molar refractivity (Wildman–Crippen MR) is 74.9 cm³/mol. The van der Waals surface area contributed by atoms with E-state index in [1.54, 1.807) is 12.4 Å². The van der Waals surface area contributed by atoms with E-state index in [4.69, 9.17) is 0 Å². The maximum Gasteiger partial charge on any atom is 0.115 e. The van der Waals surface area contributed by atoms with Crippen LogP contribution in [0.15, 0.2) is 47.9 Å². The second-order valence-electron chi connectivity index (χ2n) is 4.36. The maximum absolute atomic E-state index is 4.33. The number of rotatable bonds is 2. The van der Waals surface area contributed by atoms with E-state index in [2.05, 4.69) is 39.6 Å². The molecule has 1 unspecified atom stereocenters. The topological polar surface area (TPSA) is 37.8 Å². The first-order valence-electron chi connectivity index (χ1n) is 6.16. The third-order valence-corrected chi connectivity index (χ3v) is 4.29. The average molecular weight is 257 g/mol. The monoisotopic (exact) mass is 257 g/mol. The highest BCUT2D eigenvalue weighted by Crippen LogP contribution is 2.29. The van der Waals surface area contributed by atoms with E-state index < -0.39 is 0 Å². The Morgan fingerprint density at radius 3 is 3.06 bits per heavy atom. The van der Waals surface area contributed by atoms with Crippen LogP contribution in [0.25, 0.3) is 0 Å². The van der Waals surface area contributed by atoms with Crippen LogP contribution in [0, 0.1) is 0 Å². The summed E-state index contributed by atoms with van der Waals surface area (Å²) in [5.74, 6) is 0. The average Bonchev–Trinajstić information content (AvgIpc) is 2.63. The number of para-hydroxylation sites is 1. The van der Waals surface area contributed by atoms with Crippen LogP contribution in [0.2, 0.25) is 0 Å². The van der Waals surface area contributed by atoms with Gasteiger partial charge in [-0.3, -0.25) is 4.98 Å². The summed E-state index contributed by atoms with van der Waals surface area (Å²) in [5, 5.41) is 5.09. The number of nitrogens with one attached hydrogen (secondary N) is 1. The molecule has 0 fully saturated rings. The molecule has 1 N–H and O–H groups in total. The van der Waals surface area contributed by atoms with Gasteiger partial charge in [-0.25, -0.2) is 4.98 Å². The molecule has 3 nitrogen and oxygen atoms in total. The number of aryl methyl sites for hydroxylation is 1. The molecule has 1 atom stereocenters. The third kappa shape index (κ3) is 2.64. The van der Waals surface area contributed by atoms with Crippen LogP contribution in [0.5, 0.6) is 0 Å². The van der Waals surface area contributed by atoms with Gasteiger partial charge in [-0.1, -0.05) is 30.0 Å².